The predicted octanol–water partition coefficient (Wildman–Crippen LogP) is 1.57. The molecular formula is C14H29N3. The maximum absolute atomic E-state index is 4.17. The molecule has 1 fully saturated rings. The molecule has 0 bridgehead atoms. The van der Waals surface area contributed by atoms with Gasteiger partial charge in [-0.25, -0.2) is 0 Å². The molecule has 1 saturated heterocycles. The number of rotatable bonds is 6. The smallest absolute Gasteiger partial charge is 0.0277 e. The maximum Gasteiger partial charge on any atom is 0.0277 e. The molecule has 0 saturated carbocycles. The van der Waals surface area contributed by atoms with Crippen LogP contribution in [0.4, 0.5) is 0 Å². The number of likely N-dealkylation sites (N-methyl/N-ethyl adjacent to an activating group) is 1. The third kappa shape index (κ3) is 4.78. The van der Waals surface area contributed by atoms with Crippen molar-refractivity contribution < 1.29 is 0 Å². The highest BCUT2D eigenvalue weighted by Crippen LogP contribution is 2.19. The third-order valence-electron chi connectivity index (χ3n) is 3.64. The number of nitrogens with one attached hydrogen (secondary N) is 1. The zero-order chi connectivity index (χ0) is 12.9. The van der Waals surface area contributed by atoms with Gasteiger partial charge in [0, 0.05) is 38.3 Å². The van der Waals surface area contributed by atoms with E-state index >= 15 is 0 Å². The zero-order valence-electron chi connectivity index (χ0n) is 12.1. The Kier molecular flexibility index (Phi) is 5.63. The molecule has 100 valence electrons. The molecule has 0 unspecified atom stereocenters. The molecule has 3 heteroatoms. The van der Waals surface area contributed by atoms with E-state index in [9.17, 15) is 0 Å². The van der Waals surface area contributed by atoms with E-state index in [0.29, 0.717) is 0 Å². The van der Waals surface area contributed by atoms with Gasteiger partial charge >= 0.3 is 0 Å². The van der Waals surface area contributed by atoms with Crippen molar-refractivity contribution >= 4 is 0 Å². The minimum Gasteiger partial charge on any atom is -0.313 e. The highest BCUT2D eigenvalue weighted by Gasteiger charge is 2.30. The normalized spacial score (nSPS) is 21.6. The Morgan fingerprint density at radius 2 is 2.06 bits per heavy atom. The van der Waals surface area contributed by atoms with Crippen LogP contribution in [0, 0.1) is 0 Å². The van der Waals surface area contributed by atoms with Gasteiger partial charge in [-0.05, 0) is 39.4 Å². The molecule has 0 aromatic heterocycles. The fourth-order valence-electron chi connectivity index (χ4n) is 2.29. The number of hydrogen-bond acceptors (Lipinski definition) is 3. The van der Waals surface area contributed by atoms with Gasteiger partial charge in [0.15, 0.2) is 0 Å². The maximum atomic E-state index is 4.17. The molecule has 1 N–H and O–H groups in total. The van der Waals surface area contributed by atoms with Crippen LogP contribution >= 0.6 is 0 Å². The van der Waals surface area contributed by atoms with Crippen LogP contribution in [-0.2, 0) is 0 Å². The first-order chi connectivity index (χ1) is 7.95. The summed E-state index contributed by atoms with van der Waals surface area (Å²) in [5, 5.41) is 3.42. The van der Waals surface area contributed by atoms with Crippen molar-refractivity contribution in [3.05, 3.63) is 12.2 Å². The lowest BCUT2D eigenvalue weighted by molar-refractivity contribution is 0.0449. The molecule has 1 heterocycles. The minimum atomic E-state index is 0.287. The molecular weight excluding hydrogens is 210 g/mol. The Hall–Kier alpha value is -0.380. The first-order valence-electron chi connectivity index (χ1n) is 6.76. The van der Waals surface area contributed by atoms with Gasteiger partial charge in [0.25, 0.3) is 0 Å². The lowest BCUT2D eigenvalue weighted by Gasteiger charge is -2.45. The van der Waals surface area contributed by atoms with Crippen molar-refractivity contribution in [2.24, 2.45) is 0 Å². The summed E-state index contributed by atoms with van der Waals surface area (Å²) in [4.78, 5) is 4.97. The quantitative estimate of drug-likeness (QED) is 0.561. The lowest BCUT2D eigenvalue weighted by atomic mass is 9.99. The Morgan fingerprint density at radius 1 is 1.35 bits per heavy atom. The molecule has 0 aromatic rings. The van der Waals surface area contributed by atoms with Crippen molar-refractivity contribution in [2.75, 3.05) is 46.3 Å². The Labute approximate surface area is 107 Å². The van der Waals surface area contributed by atoms with Gasteiger partial charge in [-0.2, -0.15) is 0 Å². The molecule has 0 amide bonds. The summed E-state index contributed by atoms with van der Waals surface area (Å²) in [6.45, 7) is 17.5. The van der Waals surface area contributed by atoms with Crippen LogP contribution in [0.1, 0.15) is 27.2 Å². The zero-order valence-corrected chi connectivity index (χ0v) is 12.1. The number of hydrogen-bond donors (Lipinski definition) is 1. The van der Waals surface area contributed by atoms with Crippen molar-refractivity contribution in [1.82, 2.24) is 15.1 Å². The van der Waals surface area contributed by atoms with Crippen LogP contribution in [0.25, 0.3) is 0 Å². The van der Waals surface area contributed by atoms with Gasteiger partial charge in [0.05, 0.1) is 0 Å². The van der Waals surface area contributed by atoms with Gasteiger partial charge in [0.1, 0.15) is 0 Å². The number of nitrogens with zero attached hydrogens (tertiary/aromatic N) is 2. The predicted molar refractivity (Wildman–Crippen MR) is 75.4 cm³/mol. The number of piperazine rings is 1. The van der Waals surface area contributed by atoms with Crippen LogP contribution in [0.15, 0.2) is 12.2 Å². The van der Waals surface area contributed by atoms with E-state index in [1.165, 1.54) is 12.0 Å². The second-order valence-electron chi connectivity index (χ2n) is 5.87. The van der Waals surface area contributed by atoms with Gasteiger partial charge in [-0.15, -0.1) is 0 Å². The fourth-order valence-corrected chi connectivity index (χ4v) is 2.29. The van der Waals surface area contributed by atoms with Crippen molar-refractivity contribution in [1.29, 1.82) is 0 Å². The molecule has 3 nitrogen and oxygen atoms in total. The van der Waals surface area contributed by atoms with Crippen LogP contribution < -0.4 is 5.32 Å². The average molecular weight is 239 g/mol. The van der Waals surface area contributed by atoms with Crippen LogP contribution in [-0.4, -0.2) is 61.7 Å². The van der Waals surface area contributed by atoms with Crippen molar-refractivity contribution in [3.8, 4) is 0 Å². The van der Waals surface area contributed by atoms with Crippen LogP contribution in [0.3, 0.4) is 0 Å². The second-order valence-corrected chi connectivity index (χ2v) is 5.87. The summed E-state index contributed by atoms with van der Waals surface area (Å²) in [6.07, 6.45) is 1.19. The molecule has 0 atom stereocenters. The summed E-state index contributed by atoms with van der Waals surface area (Å²) in [7, 11) is 2.22. The summed E-state index contributed by atoms with van der Waals surface area (Å²) in [5.41, 5.74) is 1.59. The van der Waals surface area contributed by atoms with E-state index in [-0.39, 0.29) is 5.54 Å². The summed E-state index contributed by atoms with van der Waals surface area (Å²) < 4.78 is 0. The highest BCUT2D eigenvalue weighted by atomic mass is 15.3. The van der Waals surface area contributed by atoms with Gasteiger partial charge in [-0.3, -0.25) is 9.80 Å². The van der Waals surface area contributed by atoms with E-state index in [4.69, 9.17) is 0 Å². The Bertz CT molecular complexity index is 248. The molecule has 0 radical (unpaired) electrons. The first kappa shape index (κ1) is 14.7. The largest absolute Gasteiger partial charge is 0.313 e. The molecule has 1 rings (SSSR count). The molecule has 0 spiro atoms. The lowest BCUT2D eigenvalue weighted by Crippen LogP contribution is -2.57. The van der Waals surface area contributed by atoms with Crippen molar-refractivity contribution in [2.45, 2.75) is 32.7 Å². The summed E-state index contributed by atoms with van der Waals surface area (Å²) >= 11 is 0. The molecule has 1 aliphatic rings. The van der Waals surface area contributed by atoms with Crippen LogP contribution in [0.5, 0.6) is 0 Å². The summed E-state index contributed by atoms with van der Waals surface area (Å²) in [6, 6.07) is 0. The monoisotopic (exact) mass is 239 g/mol. The van der Waals surface area contributed by atoms with Crippen molar-refractivity contribution in [3.63, 3.8) is 0 Å². The van der Waals surface area contributed by atoms with E-state index in [1.807, 2.05) is 0 Å². The van der Waals surface area contributed by atoms with Crippen LogP contribution in [0.2, 0.25) is 0 Å². The topological polar surface area (TPSA) is 18.5 Å². The van der Waals surface area contributed by atoms with E-state index in [1.54, 1.807) is 0 Å². The average Bonchev–Trinajstić information content (AvgIpc) is 2.23. The SMILES string of the molecule is C=C(CNCCC)CN1CCN(C)C(C)(C)C1. The van der Waals surface area contributed by atoms with E-state index in [0.717, 1.165) is 39.3 Å². The van der Waals surface area contributed by atoms with E-state index < -0.39 is 0 Å². The third-order valence-corrected chi connectivity index (χ3v) is 3.64. The molecule has 0 aromatic carbocycles. The van der Waals surface area contributed by atoms with Gasteiger partial charge in [0.2, 0.25) is 0 Å². The second kappa shape index (κ2) is 6.53. The van der Waals surface area contributed by atoms with Gasteiger partial charge in [-0.1, -0.05) is 13.5 Å². The van der Waals surface area contributed by atoms with Gasteiger partial charge < -0.3 is 5.32 Å². The summed E-state index contributed by atoms with van der Waals surface area (Å²) in [5.74, 6) is 0. The fraction of sp³-hybridized carbons (Fsp3) is 0.857. The molecule has 17 heavy (non-hydrogen) atoms. The first-order valence-corrected chi connectivity index (χ1v) is 6.76. The highest BCUT2D eigenvalue weighted by molar-refractivity contribution is 5.02. The van der Waals surface area contributed by atoms with E-state index in [2.05, 4.69) is 49.5 Å². The molecule has 1 aliphatic heterocycles. The Balaban J connectivity index is 2.30. The molecule has 0 aliphatic carbocycles. The standard InChI is InChI=1S/C14H29N3/c1-6-7-15-10-13(2)11-17-9-8-16(5)14(3,4)12-17/h15H,2,6-12H2,1,3-5H3. The Morgan fingerprint density at radius 3 is 2.65 bits per heavy atom. The minimum absolute atomic E-state index is 0.287.